The molecule has 28 heavy (non-hydrogen) atoms. The van der Waals surface area contributed by atoms with Crippen LogP contribution < -0.4 is 0 Å². The minimum atomic E-state index is -0.571. The van der Waals surface area contributed by atoms with Crippen LogP contribution in [0.3, 0.4) is 0 Å². The van der Waals surface area contributed by atoms with Gasteiger partial charge in [-0.25, -0.2) is 4.39 Å². The standard InChI is InChI=1S/C24H28FNO2/c25-22-8-6-21(7-9-22)24(12-16-28-17-13-24)23(27)26-14-10-20(11-15-26)18-19-4-2-1-3-5-19/h1-9,20H,10-18H2. The normalized spacial score (nSPS) is 20.1. The van der Waals surface area contributed by atoms with Crippen LogP contribution in [0, 0.1) is 11.7 Å². The summed E-state index contributed by atoms with van der Waals surface area (Å²) < 4.78 is 19.0. The van der Waals surface area contributed by atoms with Gasteiger partial charge in [-0.3, -0.25) is 4.79 Å². The summed E-state index contributed by atoms with van der Waals surface area (Å²) in [5.41, 5.74) is 1.73. The minimum Gasteiger partial charge on any atom is -0.381 e. The molecule has 0 radical (unpaired) electrons. The molecule has 2 heterocycles. The fourth-order valence-electron chi connectivity index (χ4n) is 4.71. The van der Waals surface area contributed by atoms with Crippen LogP contribution in [-0.4, -0.2) is 37.1 Å². The summed E-state index contributed by atoms with van der Waals surface area (Å²) >= 11 is 0. The molecule has 0 N–H and O–H groups in total. The zero-order valence-corrected chi connectivity index (χ0v) is 16.3. The smallest absolute Gasteiger partial charge is 0.233 e. The highest BCUT2D eigenvalue weighted by Crippen LogP contribution is 2.38. The Bertz CT molecular complexity index is 776. The van der Waals surface area contributed by atoms with E-state index in [1.54, 1.807) is 12.1 Å². The molecule has 1 amide bonds. The van der Waals surface area contributed by atoms with Crippen molar-refractivity contribution >= 4 is 5.91 Å². The number of ether oxygens (including phenoxy) is 1. The summed E-state index contributed by atoms with van der Waals surface area (Å²) in [5, 5.41) is 0. The van der Waals surface area contributed by atoms with E-state index < -0.39 is 5.41 Å². The topological polar surface area (TPSA) is 29.5 Å². The molecule has 2 aromatic rings. The van der Waals surface area contributed by atoms with Crippen molar-refractivity contribution in [1.29, 1.82) is 0 Å². The molecule has 4 heteroatoms. The first-order chi connectivity index (χ1) is 13.7. The highest BCUT2D eigenvalue weighted by Gasteiger charge is 2.44. The molecule has 0 unspecified atom stereocenters. The summed E-state index contributed by atoms with van der Waals surface area (Å²) in [4.78, 5) is 15.6. The van der Waals surface area contributed by atoms with Crippen LogP contribution in [0.15, 0.2) is 54.6 Å². The summed E-state index contributed by atoms with van der Waals surface area (Å²) in [6.07, 6.45) is 4.50. The number of benzene rings is 2. The van der Waals surface area contributed by atoms with Gasteiger partial charge in [-0.1, -0.05) is 42.5 Å². The van der Waals surface area contributed by atoms with Crippen molar-refractivity contribution in [2.45, 2.75) is 37.5 Å². The average Bonchev–Trinajstić information content (AvgIpc) is 2.75. The SMILES string of the molecule is O=C(N1CCC(Cc2ccccc2)CC1)C1(c2ccc(F)cc2)CCOCC1. The van der Waals surface area contributed by atoms with Crippen LogP contribution in [0.25, 0.3) is 0 Å². The fraction of sp³-hybridized carbons (Fsp3) is 0.458. The summed E-state index contributed by atoms with van der Waals surface area (Å²) in [6.45, 7) is 2.77. The molecule has 0 atom stereocenters. The molecule has 0 aromatic heterocycles. The second-order valence-corrected chi connectivity index (χ2v) is 8.13. The van der Waals surface area contributed by atoms with E-state index >= 15 is 0 Å². The van der Waals surface area contributed by atoms with Gasteiger partial charge in [0.15, 0.2) is 0 Å². The molecule has 0 saturated carbocycles. The van der Waals surface area contributed by atoms with E-state index in [9.17, 15) is 9.18 Å². The number of carbonyl (C=O) groups is 1. The zero-order valence-electron chi connectivity index (χ0n) is 16.3. The second-order valence-electron chi connectivity index (χ2n) is 8.13. The van der Waals surface area contributed by atoms with E-state index in [0.717, 1.165) is 37.9 Å². The molecule has 0 spiro atoms. The quantitative estimate of drug-likeness (QED) is 0.788. The molecule has 2 aliphatic rings. The first-order valence-corrected chi connectivity index (χ1v) is 10.3. The van der Waals surface area contributed by atoms with Crippen LogP contribution in [0.4, 0.5) is 4.39 Å². The van der Waals surface area contributed by atoms with Crippen molar-refractivity contribution in [1.82, 2.24) is 4.90 Å². The first-order valence-electron chi connectivity index (χ1n) is 10.3. The van der Waals surface area contributed by atoms with Gasteiger partial charge in [0.05, 0.1) is 5.41 Å². The Morgan fingerprint density at radius 3 is 2.29 bits per heavy atom. The Morgan fingerprint density at radius 1 is 1.00 bits per heavy atom. The number of rotatable bonds is 4. The highest BCUT2D eigenvalue weighted by atomic mass is 19.1. The Kier molecular flexibility index (Phi) is 5.77. The summed E-state index contributed by atoms with van der Waals surface area (Å²) in [7, 11) is 0. The summed E-state index contributed by atoms with van der Waals surface area (Å²) in [5.74, 6) is 0.559. The lowest BCUT2D eigenvalue weighted by atomic mass is 9.72. The monoisotopic (exact) mass is 381 g/mol. The predicted octanol–water partition coefficient (Wildman–Crippen LogP) is 4.36. The predicted molar refractivity (Wildman–Crippen MR) is 108 cm³/mol. The van der Waals surface area contributed by atoms with Crippen LogP contribution >= 0.6 is 0 Å². The van der Waals surface area contributed by atoms with Crippen LogP contribution in [0.1, 0.15) is 36.8 Å². The van der Waals surface area contributed by atoms with E-state index in [4.69, 9.17) is 4.74 Å². The van der Waals surface area contributed by atoms with Crippen LogP contribution in [0.2, 0.25) is 0 Å². The van der Waals surface area contributed by atoms with Crippen molar-refractivity contribution in [3.05, 3.63) is 71.5 Å². The van der Waals surface area contributed by atoms with Gasteiger partial charge in [0, 0.05) is 26.3 Å². The number of piperidine rings is 1. The molecule has 3 nitrogen and oxygen atoms in total. The minimum absolute atomic E-state index is 0.195. The van der Waals surface area contributed by atoms with Gasteiger partial charge in [0.1, 0.15) is 5.82 Å². The maximum absolute atomic E-state index is 13.6. The van der Waals surface area contributed by atoms with E-state index in [0.29, 0.717) is 32.0 Å². The molecular formula is C24H28FNO2. The number of hydrogen-bond acceptors (Lipinski definition) is 2. The van der Waals surface area contributed by atoms with E-state index in [2.05, 4.69) is 24.3 Å². The Hall–Kier alpha value is -2.20. The average molecular weight is 381 g/mol. The summed E-state index contributed by atoms with van der Waals surface area (Å²) in [6, 6.07) is 17.1. The molecule has 2 aliphatic heterocycles. The number of halogens is 1. The van der Waals surface area contributed by atoms with E-state index in [1.807, 2.05) is 11.0 Å². The number of amides is 1. The van der Waals surface area contributed by atoms with Gasteiger partial charge in [0.2, 0.25) is 5.91 Å². The van der Waals surface area contributed by atoms with Gasteiger partial charge in [-0.2, -0.15) is 0 Å². The maximum atomic E-state index is 13.6. The molecule has 2 saturated heterocycles. The van der Waals surface area contributed by atoms with Crippen LogP contribution in [-0.2, 0) is 21.4 Å². The lowest BCUT2D eigenvalue weighted by molar-refractivity contribution is -0.142. The third kappa shape index (κ3) is 3.97. The maximum Gasteiger partial charge on any atom is 0.233 e. The molecule has 148 valence electrons. The van der Waals surface area contributed by atoms with Gasteiger partial charge >= 0.3 is 0 Å². The molecule has 4 rings (SSSR count). The molecule has 2 aromatic carbocycles. The molecule has 0 bridgehead atoms. The fourth-order valence-corrected chi connectivity index (χ4v) is 4.71. The molecule has 0 aliphatic carbocycles. The third-order valence-corrected chi connectivity index (χ3v) is 6.42. The van der Waals surface area contributed by atoms with Gasteiger partial charge in [-0.15, -0.1) is 0 Å². The highest BCUT2D eigenvalue weighted by molar-refractivity contribution is 5.88. The van der Waals surface area contributed by atoms with E-state index in [1.165, 1.54) is 17.7 Å². The molecular weight excluding hydrogens is 353 g/mol. The van der Waals surface area contributed by atoms with Crippen molar-refractivity contribution < 1.29 is 13.9 Å². The largest absolute Gasteiger partial charge is 0.381 e. The van der Waals surface area contributed by atoms with E-state index in [-0.39, 0.29) is 11.7 Å². The lowest BCUT2D eigenvalue weighted by Crippen LogP contribution is -2.52. The molecule has 2 fully saturated rings. The lowest BCUT2D eigenvalue weighted by Gasteiger charge is -2.42. The number of nitrogens with zero attached hydrogens (tertiary/aromatic N) is 1. The first kappa shape index (κ1) is 19.1. The van der Waals surface area contributed by atoms with Crippen molar-refractivity contribution in [3.8, 4) is 0 Å². The van der Waals surface area contributed by atoms with Crippen LogP contribution in [0.5, 0.6) is 0 Å². The van der Waals surface area contributed by atoms with Crippen molar-refractivity contribution in [3.63, 3.8) is 0 Å². The zero-order chi connectivity index (χ0) is 19.4. The number of likely N-dealkylation sites (tertiary alicyclic amines) is 1. The Labute approximate surface area is 166 Å². The van der Waals surface area contributed by atoms with Gasteiger partial charge < -0.3 is 9.64 Å². The van der Waals surface area contributed by atoms with Gasteiger partial charge in [-0.05, 0) is 61.3 Å². The van der Waals surface area contributed by atoms with Gasteiger partial charge in [0.25, 0.3) is 0 Å². The van der Waals surface area contributed by atoms with Crippen molar-refractivity contribution in [2.75, 3.05) is 26.3 Å². The van der Waals surface area contributed by atoms with Crippen molar-refractivity contribution in [2.24, 2.45) is 5.92 Å². The third-order valence-electron chi connectivity index (χ3n) is 6.42. The Morgan fingerprint density at radius 2 is 1.64 bits per heavy atom. The number of hydrogen-bond donors (Lipinski definition) is 0. The second kappa shape index (κ2) is 8.44. The number of carbonyl (C=O) groups excluding carboxylic acids is 1. The Balaban J connectivity index is 1.45.